The minimum Gasteiger partial charge on any atom is -0.381 e. The first-order valence-electron chi connectivity index (χ1n) is 4.38. The monoisotopic (exact) mass is 269 g/mol. The third-order valence-electron chi connectivity index (χ3n) is 2.03. The van der Waals surface area contributed by atoms with Crippen LogP contribution in [0.4, 0.5) is 10.2 Å². The summed E-state index contributed by atoms with van der Waals surface area (Å²) >= 11 is 3.25. The highest BCUT2D eigenvalue weighted by Crippen LogP contribution is 2.17. The van der Waals surface area contributed by atoms with Crippen molar-refractivity contribution in [3.8, 4) is 0 Å². The van der Waals surface area contributed by atoms with Crippen molar-refractivity contribution in [3.05, 3.63) is 46.3 Å². The zero-order valence-electron chi connectivity index (χ0n) is 7.82. The van der Waals surface area contributed by atoms with Crippen molar-refractivity contribution < 1.29 is 4.39 Å². The molecule has 1 heterocycles. The predicted octanol–water partition coefficient (Wildman–Crippen LogP) is 2.42. The molecular formula is C10H9BrFN3. The summed E-state index contributed by atoms with van der Waals surface area (Å²) in [6, 6.07) is 6.60. The number of nitrogens with zero attached hydrogens (tertiary/aromatic N) is 2. The largest absolute Gasteiger partial charge is 0.381 e. The Hall–Kier alpha value is -1.36. The van der Waals surface area contributed by atoms with Crippen LogP contribution in [0.25, 0.3) is 0 Å². The van der Waals surface area contributed by atoms with Crippen LogP contribution in [0.15, 0.2) is 34.9 Å². The van der Waals surface area contributed by atoms with Gasteiger partial charge in [-0.15, -0.1) is 0 Å². The standard InChI is InChI=1S/C10H9BrFN3/c11-8-6-15(14-10(8)13)5-7-3-1-2-4-9(7)12/h1-4,6H,5H2,(H2,13,14). The van der Waals surface area contributed by atoms with Gasteiger partial charge in [0.15, 0.2) is 5.82 Å². The van der Waals surface area contributed by atoms with Crippen LogP contribution < -0.4 is 5.73 Å². The van der Waals surface area contributed by atoms with Crippen molar-refractivity contribution >= 4 is 21.7 Å². The fourth-order valence-electron chi connectivity index (χ4n) is 1.29. The lowest BCUT2D eigenvalue weighted by Gasteiger charge is -2.02. The molecule has 2 N–H and O–H groups in total. The van der Waals surface area contributed by atoms with Crippen molar-refractivity contribution in [2.45, 2.75) is 6.54 Å². The average Bonchev–Trinajstić information content (AvgIpc) is 2.50. The molecular weight excluding hydrogens is 261 g/mol. The first-order valence-corrected chi connectivity index (χ1v) is 5.18. The Kier molecular flexibility index (Phi) is 2.73. The second-order valence-electron chi connectivity index (χ2n) is 3.15. The van der Waals surface area contributed by atoms with Crippen LogP contribution in [0.5, 0.6) is 0 Å². The Morgan fingerprint density at radius 1 is 1.40 bits per heavy atom. The van der Waals surface area contributed by atoms with Crippen molar-refractivity contribution in [2.75, 3.05) is 5.73 Å². The summed E-state index contributed by atoms with van der Waals surface area (Å²) in [4.78, 5) is 0. The van der Waals surface area contributed by atoms with Gasteiger partial charge in [0.2, 0.25) is 0 Å². The number of hydrogen-bond donors (Lipinski definition) is 1. The summed E-state index contributed by atoms with van der Waals surface area (Å²) < 4.78 is 15.6. The van der Waals surface area contributed by atoms with E-state index in [1.807, 2.05) is 0 Å². The van der Waals surface area contributed by atoms with E-state index in [1.54, 1.807) is 29.1 Å². The highest BCUT2D eigenvalue weighted by molar-refractivity contribution is 9.10. The van der Waals surface area contributed by atoms with Gasteiger partial charge in [-0.05, 0) is 22.0 Å². The maximum absolute atomic E-state index is 13.3. The second-order valence-corrected chi connectivity index (χ2v) is 4.01. The number of halogens is 2. The molecule has 0 spiro atoms. The van der Waals surface area contributed by atoms with Gasteiger partial charge in [0.1, 0.15) is 5.82 Å². The molecule has 78 valence electrons. The molecule has 0 radical (unpaired) electrons. The van der Waals surface area contributed by atoms with E-state index in [0.29, 0.717) is 17.9 Å². The Balaban J connectivity index is 2.26. The number of benzene rings is 1. The summed E-state index contributed by atoms with van der Waals surface area (Å²) in [5.41, 5.74) is 6.15. The first-order chi connectivity index (χ1) is 7.16. The zero-order chi connectivity index (χ0) is 10.8. The number of rotatable bonds is 2. The zero-order valence-corrected chi connectivity index (χ0v) is 9.41. The van der Waals surface area contributed by atoms with Gasteiger partial charge in [0, 0.05) is 11.8 Å². The lowest BCUT2D eigenvalue weighted by Crippen LogP contribution is -2.02. The topological polar surface area (TPSA) is 43.8 Å². The molecule has 15 heavy (non-hydrogen) atoms. The Bertz CT molecular complexity index is 462. The SMILES string of the molecule is Nc1nn(Cc2ccccc2F)cc1Br. The van der Waals surface area contributed by atoms with Gasteiger partial charge in [-0.2, -0.15) is 5.10 Å². The third kappa shape index (κ3) is 2.18. The summed E-state index contributed by atoms with van der Waals surface area (Å²) in [5, 5.41) is 4.03. The molecule has 0 saturated heterocycles. The summed E-state index contributed by atoms with van der Waals surface area (Å²) in [5.74, 6) is 0.175. The molecule has 0 unspecified atom stereocenters. The molecule has 1 aromatic heterocycles. The second kappa shape index (κ2) is 4.02. The molecule has 2 aromatic rings. The van der Waals surface area contributed by atoms with E-state index >= 15 is 0 Å². The molecule has 0 fully saturated rings. The van der Waals surface area contributed by atoms with E-state index in [9.17, 15) is 4.39 Å². The maximum atomic E-state index is 13.3. The summed E-state index contributed by atoms with van der Waals surface area (Å²) in [6.07, 6.45) is 1.72. The highest BCUT2D eigenvalue weighted by atomic mass is 79.9. The Labute approximate surface area is 94.8 Å². The van der Waals surface area contributed by atoms with Crippen molar-refractivity contribution in [1.29, 1.82) is 0 Å². The Morgan fingerprint density at radius 3 is 2.73 bits per heavy atom. The maximum Gasteiger partial charge on any atom is 0.159 e. The normalized spacial score (nSPS) is 10.5. The molecule has 0 atom stereocenters. The average molecular weight is 270 g/mol. The molecule has 5 heteroatoms. The van der Waals surface area contributed by atoms with E-state index in [2.05, 4.69) is 21.0 Å². The fourth-order valence-corrected chi connectivity index (χ4v) is 1.61. The number of nitrogen functional groups attached to an aromatic ring is 1. The predicted molar refractivity (Wildman–Crippen MR) is 59.8 cm³/mol. The molecule has 1 aromatic carbocycles. The molecule has 0 aliphatic heterocycles. The van der Waals surface area contributed by atoms with Gasteiger partial charge in [0.05, 0.1) is 11.0 Å². The molecule has 2 rings (SSSR count). The smallest absolute Gasteiger partial charge is 0.159 e. The van der Waals surface area contributed by atoms with Gasteiger partial charge < -0.3 is 5.73 Å². The van der Waals surface area contributed by atoms with E-state index in [0.717, 1.165) is 4.47 Å². The van der Waals surface area contributed by atoms with Gasteiger partial charge in [-0.1, -0.05) is 18.2 Å². The van der Waals surface area contributed by atoms with E-state index in [4.69, 9.17) is 5.73 Å². The lowest BCUT2D eigenvalue weighted by molar-refractivity contribution is 0.586. The van der Waals surface area contributed by atoms with Crippen LogP contribution in [0, 0.1) is 5.82 Å². The van der Waals surface area contributed by atoms with Crippen LogP contribution >= 0.6 is 15.9 Å². The van der Waals surface area contributed by atoms with Crippen LogP contribution in [-0.2, 0) is 6.54 Å². The van der Waals surface area contributed by atoms with E-state index in [1.165, 1.54) is 6.07 Å². The van der Waals surface area contributed by atoms with Crippen molar-refractivity contribution in [2.24, 2.45) is 0 Å². The number of anilines is 1. The quantitative estimate of drug-likeness (QED) is 0.910. The summed E-state index contributed by atoms with van der Waals surface area (Å²) in [7, 11) is 0. The van der Waals surface area contributed by atoms with E-state index in [-0.39, 0.29) is 5.82 Å². The molecule has 0 amide bonds. The van der Waals surface area contributed by atoms with E-state index < -0.39 is 0 Å². The van der Waals surface area contributed by atoms with Gasteiger partial charge in [-0.25, -0.2) is 4.39 Å². The summed E-state index contributed by atoms with van der Waals surface area (Å²) in [6.45, 7) is 0.377. The fraction of sp³-hybridized carbons (Fsp3) is 0.100. The Morgan fingerprint density at radius 2 is 2.13 bits per heavy atom. The van der Waals surface area contributed by atoms with Gasteiger partial charge >= 0.3 is 0 Å². The number of hydrogen-bond acceptors (Lipinski definition) is 2. The minimum atomic E-state index is -0.234. The molecule has 0 saturated carbocycles. The van der Waals surface area contributed by atoms with Crippen LogP contribution in [0.3, 0.4) is 0 Å². The van der Waals surface area contributed by atoms with Crippen molar-refractivity contribution in [1.82, 2.24) is 9.78 Å². The molecule has 0 aliphatic rings. The minimum absolute atomic E-state index is 0.234. The van der Waals surface area contributed by atoms with Gasteiger partial charge in [0.25, 0.3) is 0 Å². The third-order valence-corrected chi connectivity index (χ3v) is 2.64. The lowest BCUT2D eigenvalue weighted by atomic mass is 10.2. The highest BCUT2D eigenvalue weighted by Gasteiger charge is 2.05. The molecule has 0 bridgehead atoms. The first kappa shape index (κ1) is 10.2. The molecule has 0 aliphatic carbocycles. The van der Waals surface area contributed by atoms with Crippen LogP contribution in [0.1, 0.15) is 5.56 Å². The van der Waals surface area contributed by atoms with Gasteiger partial charge in [-0.3, -0.25) is 4.68 Å². The van der Waals surface area contributed by atoms with Crippen molar-refractivity contribution in [3.63, 3.8) is 0 Å². The number of nitrogens with two attached hydrogens (primary N) is 1. The van der Waals surface area contributed by atoms with Crippen LogP contribution in [0.2, 0.25) is 0 Å². The number of aromatic nitrogens is 2. The molecule has 3 nitrogen and oxygen atoms in total. The van der Waals surface area contributed by atoms with Crippen LogP contribution in [-0.4, -0.2) is 9.78 Å².